The van der Waals surface area contributed by atoms with Crippen molar-refractivity contribution in [1.82, 2.24) is 19.4 Å². The van der Waals surface area contributed by atoms with Gasteiger partial charge in [0.05, 0.1) is 16.5 Å². The van der Waals surface area contributed by atoms with E-state index in [4.69, 9.17) is 11.6 Å². The van der Waals surface area contributed by atoms with Gasteiger partial charge in [-0.1, -0.05) is 23.7 Å². The number of aryl methyl sites for hydroxylation is 1. The van der Waals surface area contributed by atoms with Gasteiger partial charge < -0.3 is 9.80 Å². The minimum absolute atomic E-state index is 0.0864. The van der Waals surface area contributed by atoms with Gasteiger partial charge in [-0.05, 0) is 37.3 Å². The maximum Gasteiger partial charge on any atom is 0.261 e. The second kappa shape index (κ2) is 8.47. The van der Waals surface area contributed by atoms with Crippen LogP contribution in [-0.4, -0.2) is 57.3 Å². The number of carbonyl (C=O) groups is 2. The molecule has 4 rings (SSSR count). The van der Waals surface area contributed by atoms with Crippen LogP contribution < -0.4 is 5.56 Å². The number of piperazine rings is 1. The van der Waals surface area contributed by atoms with Gasteiger partial charge in [-0.3, -0.25) is 19.0 Å². The van der Waals surface area contributed by atoms with Gasteiger partial charge in [-0.15, -0.1) is 0 Å². The predicted molar refractivity (Wildman–Crippen MR) is 115 cm³/mol. The first-order valence-corrected chi connectivity index (χ1v) is 10.2. The van der Waals surface area contributed by atoms with Crippen LogP contribution in [0.5, 0.6) is 0 Å². The van der Waals surface area contributed by atoms with E-state index in [1.54, 1.807) is 36.1 Å². The van der Waals surface area contributed by atoms with E-state index in [1.165, 1.54) is 21.6 Å². The number of hydrogen-bond acceptors (Lipinski definition) is 4. The lowest BCUT2D eigenvalue weighted by molar-refractivity contribution is -0.133. The molecule has 9 heteroatoms. The number of carbonyl (C=O) groups excluding carboxylic acids is 2. The molecule has 1 fully saturated rings. The smallest absolute Gasteiger partial charge is 0.261 e. The Kier molecular flexibility index (Phi) is 5.73. The summed E-state index contributed by atoms with van der Waals surface area (Å²) in [7, 11) is 0. The lowest BCUT2D eigenvalue weighted by Crippen LogP contribution is -2.51. The van der Waals surface area contributed by atoms with Crippen LogP contribution in [-0.2, 0) is 11.3 Å². The van der Waals surface area contributed by atoms with E-state index >= 15 is 0 Å². The summed E-state index contributed by atoms with van der Waals surface area (Å²) >= 11 is 5.88. The minimum atomic E-state index is -0.633. The first-order valence-electron chi connectivity index (χ1n) is 9.83. The molecular formula is C22H20ClFN4O3. The molecule has 0 bridgehead atoms. The molecule has 1 aliphatic heterocycles. The summed E-state index contributed by atoms with van der Waals surface area (Å²) < 4.78 is 15.4. The van der Waals surface area contributed by atoms with E-state index in [0.717, 1.165) is 6.07 Å². The fourth-order valence-corrected chi connectivity index (χ4v) is 3.86. The highest BCUT2D eigenvalue weighted by molar-refractivity contribution is 6.31. The Bertz CT molecular complexity index is 1240. The summed E-state index contributed by atoms with van der Waals surface area (Å²) in [5, 5.41) is 0.739. The topological polar surface area (TPSA) is 75.5 Å². The highest BCUT2D eigenvalue weighted by Gasteiger charge is 2.27. The zero-order valence-electron chi connectivity index (χ0n) is 16.8. The molecule has 1 aromatic heterocycles. The Morgan fingerprint density at radius 2 is 1.74 bits per heavy atom. The van der Waals surface area contributed by atoms with Crippen LogP contribution in [0.1, 0.15) is 16.2 Å². The molecule has 1 aliphatic rings. The third-order valence-electron chi connectivity index (χ3n) is 5.42. The second-order valence-corrected chi connectivity index (χ2v) is 7.80. The largest absolute Gasteiger partial charge is 0.338 e. The highest BCUT2D eigenvalue weighted by atomic mass is 35.5. The van der Waals surface area contributed by atoms with E-state index in [0.29, 0.717) is 29.8 Å². The third kappa shape index (κ3) is 4.16. The zero-order valence-corrected chi connectivity index (χ0v) is 17.6. The highest BCUT2D eigenvalue weighted by Crippen LogP contribution is 2.18. The molecule has 0 aliphatic carbocycles. The summed E-state index contributed by atoms with van der Waals surface area (Å²) in [6, 6.07) is 10.9. The average Bonchev–Trinajstić information content (AvgIpc) is 2.77. The Morgan fingerprint density at radius 3 is 2.48 bits per heavy atom. The van der Waals surface area contributed by atoms with Crippen molar-refractivity contribution in [3.63, 3.8) is 0 Å². The van der Waals surface area contributed by atoms with Crippen LogP contribution in [0, 0.1) is 12.7 Å². The standard InChI is InChI=1S/C22H20ClFN4O3/c1-14-25-19-5-3-2-4-16(19)22(31)28(14)13-20(29)26-8-10-27(11-9-26)21(30)17-12-15(23)6-7-18(17)24/h2-7,12H,8-11,13H2,1H3. The van der Waals surface area contributed by atoms with Crippen LogP contribution in [0.2, 0.25) is 5.02 Å². The van der Waals surface area contributed by atoms with Gasteiger partial charge in [0.2, 0.25) is 5.91 Å². The van der Waals surface area contributed by atoms with Crippen molar-refractivity contribution in [1.29, 1.82) is 0 Å². The number of amides is 2. The molecule has 31 heavy (non-hydrogen) atoms. The van der Waals surface area contributed by atoms with Gasteiger partial charge in [0, 0.05) is 31.2 Å². The maximum absolute atomic E-state index is 14.0. The molecule has 7 nitrogen and oxygen atoms in total. The summed E-state index contributed by atoms with van der Waals surface area (Å²) in [6.07, 6.45) is 0. The number of para-hydroxylation sites is 1. The zero-order chi connectivity index (χ0) is 22.1. The molecule has 0 atom stereocenters. The van der Waals surface area contributed by atoms with Gasteiger partial charge in [-0.2, -0.15) is 0 Å². The van der Waals surface area contributed by atoms with Gasteiger partial charge in [0.25, 0.3) is 11.5 Å². The average molecular weight is 443 g/mol. The Labute approximate surface area is 182 Å². The summed E-state index contributed by atoms with van der Waals surface area (Å²) in [5.41, 5.74) is 0.243. The molecule has 2 aromatic carbocycles. The van der Waals surface area contributed by atoms with E-state index in [2.05, 4.69) is 4.98 Å². The molecule has 160 valence electrons. The van der Waals surface area contributed by atoms with Crippen molar-refractivity contribution >= 4 is 34.3 Å². The third-order valence-corrected chi connectivity index (χ3v) is 5.66. The fourth-order valence-electron chi connectivity index (χ4n) is 3.69. The molecule has 0 N–H and O–H groups in total. The second-order valence-electron chi connectivity index (χ2n) is 7.36. The molecule has 2 heterocycles. The minimum Gasteiger partial charge on any atom is -0.338 e. The quantitative estimate of drug-likeness (QED) is 0.624. The fraction of sp³-hybridized carbons (Fsp3) is 0.273. The molecule has 0 unspecified atom stereocenters. The summed E-state index contributed by atoms with van der Waals surface area (Å²) in [5.74, 6) is -0.866. The molecule has 3 aromatic rings. The number of nitrogens with zero attached hydrogens (tertiary/aromatic N) is 4. The van der Waals surface area contributed by atoms with Crippen molar-refractivity contribution in [3.8, 4) is 0 Å². The van der Waals surface area contributed by atoms with Crippen LogP contribution in [0.4, 0.5) is 4.39 Å². The van der Waals surface area contributed by atoms with Crippen molar-refractivity contribution in [3.05, 3.63) is 75.0 Å². The van der Waals surface area contributed by atoms with Gasteiger partial charge >= 0.3 is 0 Å². The molecular weight excluding hydrogens is 423 g/mol. The first-order chi connectivity index (χ1) is 14.8. The summed E-state index contributed by atoms with van der Waals surface area (Å²) in [4.78, 5) is 45.7. The Hall–Kier alpha value is -3.26. The molecule has 0 radical (unpaired) electrons. The predicted octanol–water partition coefficient (Wildman–Crippen LogP) is 2.48. The normalized spacial score (nSPS) is 14.2. The van der Waals surface area contributed by atoms with E-state index in [-0.39, 0.29) is 41.7 Å². The number of hydrogen-bond donors (Lipinski definition) is 0. The molecule has 2 amide bonds. The van der Waals surface area contributed by atoms with E-state index in [1.807, 2.05) is 0 Å². The molecule has 1 saturated heterocycles. The van der Waals surface area contributed by atoms with Crippen LogP contribution in [0.25, 0.3) is 10.9 Å². The van der Waals surface area contributed by atoms with Crippen LogP contribution in [0.15, 0.2) is 47.3 Å². The molecule has 0 saturated carbocycles. The lowest BCUT2D eigenvalue weighted by Gasteiger charge is -2.35. The van der Waals surface area contributed by atoms with Crippen LogP contribution >= 0.6 is 11.6 Å². The van der Waals surface area contributed by atoms with E-state index < -0.39 is 11.7 Å². The van der Waals surface area contributed by atoms with Gasteiger partial charge in [0.15, 0.2) is 0 Å². The number of benzene rings is 2. The number of aromatic nitrogens is 2. The van der Waals surface area contributed by atoms with Gasteiger partial charge in [0.1, 0.15) is 18.2 Å². The maximum atomic E-state index is 14.0. The van der Waals surface area contributed by atoms with Crippen molar-refractivity contribution in [2.45, 2.75) is 13.5 Å². The monoisotopic (exact) mass is 442 g/mol. The number of halogens is 2. The van der Waals surface area contributed by atoms with Crippen LogP contribution in [0.3, 0.4) is 0 Å². The Balaban J connectivity index is 1.44. The molecule has 0 spiro atoms. The first kappa shape index (κ1) is 21.0. The number of rotatable bonds is 3. The Morgan fingerprint density at radius 1 is 1.06 bits per heavy atom. The van der Waals surface area contributed by atoms with Gasteiger partial charge in [-0.25, -0.2) is 9.37 Å². The van der Waals surface area contributed by atoms with Crippen molar-refractivity contribution < 1.29 is 14.0 Å². The van der Waals surface area contributed by atoms with Crippen molar-refractivity contribution in [2.24, 2.45) is 0 Å². The van der Waals surface area contributed by atoms with Crippen molar-refractivity contribution in [2.75, 3.05) is 26.2 Å². The summed E-state index contributed by atoms with van der Waals surface area (Å²) in [6.45, 7) is 2.68. The SMILES string of the molecule is Cc1nc2ccccc2c(=O)n1CC(=O)N1CCN(C(=O)c2cc(Cl)ccc2F)CC1. The lowest BCUT2D eigenvalue weighted by atomic mass is 10.1. The van der Waals surface area contributed by atoms with E-state index in [9.17, 15) is 18.8 Å². The number of fused-ring (bicyclic) bond motifs is 1.